The van der Waals surface area contributed by atoms with Crippen LogP contribution in [0.3, 0.4) is 0 Å². The van der Waals surface area contributed by atoms with Gasteiger partial charge in [-0.05, 0) is 42.7 Å². The Hall–Kier alpha value is -2.27. The summed E-state index contributed by atoms with van der Waals surface area (Å²) in [5, 5.41) is 6.11. The largest absolute Gasteiger partial charge is 0.467 e. The minimum absolute atomic E-state index is 0.0467. The zero-order valence-electron chi connectivity index (χ0n) is 13.2. The molecule has 1 saturated carbocycles. The Morgan fingerprint density at radius 3 is 2.46 bits per heavy atom. The molecule has 1 fully saturated rings. The fourth-order valence-electron chi connectivity index (χ4n) is 2.94. The van der Waals surface area contributed by atoms with Crippen LogP contribution < -0.4 is 10.6 Å². The molecule has 0 saturated heterocycles. The number of amides is 2. The molecule has 24 heavy (non-hydrogen) atoms. The van der Waals surface area contributed by atoms with E-state index in [9.17, 15) is 9.59 Å². The van der Waals surface area contributed by atoms with Gasteiger partial charge in [0.2, 0.25) is 11.8 Å². The Morgan fingerprint density at radius 1 is 1.12 bits per heavy atom. The van der Waals surface area contributed by atoms with E-state index in [2.05, 4.69) is 10.6 Å². The summed E-state index contributed by atoms with van der Waals surface area (Å²) in [6, 6.07) is 10.9. The highest BCUT2D eigenvalue weighted by molar-refractivity contribution is 6.30. The van der Waals surface area contributed by atoms with Crippen molar-refractivity contribution >= 4 is 23.4 Å². The lowest BCUT2D eigenvalue weighted by molar-refractivity contribution is -0.132. The quantitative estimate of drug-likeness (QED) is 0.844. The topological polar surface area (TPSA) is 71.3 Å². The number of nitrogens with one attached hydrogen (secondary N) is 2. The van der Waals surface area contributed by atoms with E-state index in [-0.39, 0.29) is 18.4 Å². The summed E-state index contributed by atoms with van der Waals surface area (Å²) in [4.78, 5) is 24.5. The van der Waals surface area contributed by atoms with Crippen LogP contribution in [0.5, 0.6) is 0 Å². The first-order valence-electron chi connectivity index (χ1n) is 7.94. The van der Waals surface area contributed by atoms with Crippen LogP contribution in [0.15, 0.2) is 47.1 Å². The molecule has 1 aliphatic carbocycles. The number of rotatable bonds is 6. The van der Waals surface area contributed by atoms with E-state index in [0.29, 0.717) is 17.3 Å². The van der Waals surface area contributed by atoms with E-state index in [0.717, 1.165) is 24.8 Å². The predicted molar refractivity (Wildman–Crippen MR) is 90.5 cm³/mol. The van der Waals surface area contributed by atoms with Crippen LogP contribution >= 0.6 is 11.6 Å². The van der Waals surface area contributed by atoms with Crippen molar-refractivity contribution in [3.05, 3.63) is 59.0 Å². The lowest BCUT2D eigenvalue weighted by Gasteiger charge is -2.40. The average molecular weight is 347 g/mol. The number of furan rings is 1. The predicted octanol–water partition coefficient (Wildman–Crippen LogP) is 2.79. The Kier molecular flexibility index (Phi) is 4.90. The highest BCUT2D eigenvalue weighted by Gasteiger charge is 2.45. The molecule has 2 aromatic rings. The van der Waals surface area contributed by atoms with Crippen LogP contribution in [0.1, 0.15) is 30.6 Å². The van der Waals surface area contributed by atoms with Crippen molar-refractivity contribution in [1.82, 2.24) is 10.6 Å². The zero-order valence-corrected chi connectivity index (χ0v) is 13.9. The zero-order chi connectivity index (χ0) is 17.0. The van der Waals surface area contributed by atoms with Crippen LogP contribution in [0.25, 0.3) is 0 Å². The molecule has 0 spiro atoms. The van der Waals surface area contributed by atoms with Crippen molar-refractivity contribution in [2.24, 2.45) is 0 Å². The molecular weight excluding hydrogens is 328 g/mol. The first-order valence-corrected chi connectivity index (χ1v) is 8.31. The van der Waals surface area contributed by atoms with Crippen LogP contribution in [0.4, 0.5) is 0 Å². The second-order valence-corrected chi connectivity index (χ2v) is 6.42. The Labute approximate surface area is 145 Å². The number of carbonyl (C=O) groups is 2. The molecule has 0 aliphatic heterocycles. The molecule has 1 aliphatic rings. The molecule has 2 amide bonds. The van der Waals surface area contributed by atoms with E-state index in [1.807, 2.05) is 12.1 Å². The van der Waals surface area contributed by atoms with Gasteiger partial charge in [0.15, 0.2) is 0 Å². The molecule has 6 heteroatoms. The number of benzene rings is 1. The molecule has 0 atom stereocenters. The van der Waals surface area contributed by atoms with Gasteiger partial charge in [0.1, 0.15) is 5.76 Å². The third-order valence-corrected chi connectivity index (χ3v) is 4.74. The maximum Gasteiger partial charge on any atom is 0.239 e. The molecule has 1 aromatic carbocycles. The molecule has 0 bridgehead atoms. The van der Waals surface area contributed by atoms with Crippen molar-refractivity contribution < 1.29 is 14.0 Å². The maximum absolute atomic E-state index is 12.6. The van der Waals surface area contributed by atoms with Crippen molar-refractivity contribution in [2.75, 3.05) is 6.54 Å². The van der Waals surface area contributed by atoms with Crippen molar-refractivity contribution in [3.8, 4) is 0 Å². The van der Waals surface area contributed by atoms with Crippen LogP contribution in [-0.4, -0.2) is 18.4 Å². The van der Waals surface area contributed by atoms with Gasteiger partial charge in [-0.15, -0.1) is 0 Å². The monoisotopic (exact) mass is 346 g/mol. The van der Waals surface area contributed by atoms with Gasteiger partial charge < -0.3 is 15.1 Å². The molecule has 126 valence electrons. The molecule has 1 heterocycles. The number of carbonyl (C=O) groups excluding carboxylic acids is 2. The Morgan fingerprint density at radius 2 is 1.88 bits per heavy atom. The third-order valence-electron chi connectivity index (χ3n) is 4.49. The third kappa shape index (κ3) is 3.46. The van der Waals surface area contributed by atoms with Crippen molar-refractivity contribution in [3.63, 3.8) is 0 Å². The molecule has 0 unspecified atom stereocenters. The fraction of sp³-hybridized carbons (Fsp3) is 0.333. The van der Waals surface area contributed by atoms with Gasteiger partial charge in [-0.25, -0.2) is 0 Å². The Balaban J connectivity index is 1.55. The summed E-state index contributed by atoms with van der Waals surface area (Å²) in [5.74, 6) is 0.320. The van der Waals surface area contributed by atoms with E-state index < -0.39 is 5.41 Å². The minimum Gasteiger partial charge on any atom is -0.467 e. The first kappa shape index (κ1) is 16.6. The summed E-state index contributed by atoms with van der Waals surface area (Å²) in [6.07, 6.45) is 4.12. The smallest absolute Gasteiger partial charge is 0.239 e. The number of hydrogen-bond donors (Lipinski definition) is 2. The normalized spacial score (nSPS) is 15.4. The maximum atomic E-state index is 12.6. The summed E-state index contributed by atoms with van der Waals surface area (Å²) in [5.41, 5.74) is 0.415. The highest BCUT2D eigenvalue weighted by atomic mass is 35.5. The Bertz CT molecular complexity index is 706. The van der Waals surface area contributed by atoms with Crippen molar-refractivity contribution in [2.45, 2.75) is 31.2 Å². The van der Waals surface area contributed by atoms with Crippen LogP contribution in [0.2, 0.25) is 5.02 Å². The molecule has 5 nitrogen and oxygen atoms in total. The molecule has 1 aromatic heterocycles. The number of halogens is 1. The second kappa shape index (κ2) is 7.09. The van der Waals surface area contributed by atoms with Gasteiger partial charge in [-0.1, -0.05) is 30.2 Å². The molecule has 3 rings (SSSR count). The first-order chi connectivity index (χ1) is 11.6. The van der Waals surface area contributed by atoms with Gasteiger partial charge in [-0.3, -0.25) is 9.59 Å². The van der Waals surface area contributed by atoms with Gasteiger partial charge in [-0.2, -0.15) is 0 Å². The van der Waals surface area contributed by atoms with Gasteiger partial charge in [0.25, 0.3) is 0 Å². The summed E-state index contributed by atoms with van der Waals surface area (Å²) in [6.45, 7) is 0.263. The SMILES string of the molecule is O=C(CNC(=O)C1(c2ccc(Cl)cc2)CCC1)NCc1ccco1. The van der Waals surface area contributed by atoms with E-state index >= 15 is 0 Å². The van der Waals surface area contributed by atoms with E-state index in [4.69, 9.17) is 16.0 Å². The molecule has 0 radical (unpaired) electrons. The number of hydrogen-bond acceptors (Lipinski definition) is 3. The highest BCUT2D eigenvalue weighted by Crippen LogP contribution is 2.44. The second-order valence-electron chi connectivity index (χ2n) is 5.98. The van der Waals surface area contributed by atoms with Crippen molar-refractivity contribution in [1.29, 1.82) is 0 Å². The van der Waals surface area contributed by atoms with Crippen LogP contribution in [-0.2, 0) is 21.5 Å². The van der Waals surface area contributed by atoms with E-state index in [1.165, 1.54) is 0 Å². The average Bonchev–Trinajstić information content (AvgIpc) is 3.05. The fourth-order valence-corrected chi connectivity index (χ4v) is 3.06. The lowest BCUT2D eigenvalue weighted by atomic mass is 9.64. The summed E-state index contributed by atoms with van der Waals surface area (Å²) >= 11 is 5.92. The molecule has 2 N–H and O–H groups in total. The van der Waals surface area contributed by atoms with Gasteiger partial charge in [0.05, 0.1) is 24.8 Å². The standard InChI is InChI=1S/C18H19ClN2O3/c19-14-6-4-13(5-7-14)18(8-2-9-18)17(23)21-12-16(22)20-11-15-3-1-10-24-15/h1,3-7,10H,2,8-9,11-12H2,(H,20,22)(H,21,23). The summed E-state index contributed by atoms with van der Waals surface area (Å²) < 4.78 is 5.14. The van der Waals surface area contributed by atoms with E-state index in [1.54, 1.807) is 30.5 Å². The summed E-state index contributed by atoms with van der Waals surface area (Å²) in [7, 11) is 0. The minimum atomic E-state index is -0.536. The van der Waals surface area contributed by atoms with Crippen LogP contribution in [0, 0.1) is 0 Å². The van der Waals surface area contributed by atoms with Gasteiger partial charge >= 0.3 is 0 Å². The lowest BCUT2D eigenvalue weighted by Crippen LogP contribution is -2.51. The molecular formula is C18H19ClN2O3. The van der Waals surface area contributed by atoms with Gasteiger partial charge in [0, 0.05) is 5.02 Å².